The van der Waals surface area contributed by atoms with Crippen molar-refractivity contribution in [1.29, 1.82) is 0 Å². The molecule has 0 radical (unpaired) electrons. The molecule has 2 saturated heterocycles. The topological polar surface area (TPSA) is 61.9 Å². The number of piperidine rings is 1. The number of benzene rings is 1. The van der Waals surface area contributed by atoms with Crippen LogP contribution in [-0.4, -0.2) is 55.6 Å². The Balaban J connectivity index is 1.72. The van der Waals surface area contributed by atoms with Gasteiger partial charge in [0.2, 0.25) is 5.91 Å². The molecule has 1 aromatic carbocycles. The number of hydrogen-bond donors (Lipinski definition) is 1. The van der Waals surface area contributed by atoms with Crippen LogP contribution >= 0.6 is 11.6 Å². The van der Waals surface area contributed by atoms with Crippen molar-refractivity contribution < 1.29 is 14.3 Å². The Bertz CT molecular complexity index is 765. The van der Waals surface area contributed by atoms with Crippen molar-refractivity contribution in [2.45, 2.75) is 56.6 Å². The minimum Gasteiger partial charge on any atom is -0.368 e. The summed E-state index contributed by atoms with van der Waals surface area (Å²) in [5, 5.41) is 3.48. The molecule has 3 unspecified atom stereocenters. The molecule has 4 rings (SSSR count). The van der Waals surface area contributed by atoms with Crippen LogP contribution in [0.1, 0.15) is 44.6 Å². The molecule has 4 atom stereocenters. The van der Waals surface area contributed by atoms with Gasteiger partial charge in [0.1, 0.15) is 6.10 Å². The van der Waals surface area contributed by atoms with E-state index in [1.807, 2.05) is 17.9 Å². The van der Waals surface area contributed by atoms with Crippen LogP contribution < -0.4 is 15.1 Å². The molecule has 2 amide bonds. The van der Waals surface area contributed by atoms with Gasteiger partial charge in [-0.3, -0.25) is 9.59 Å². The van der Waals surface area contributed by atoms with Crippen molar-refractivity contribution in [2.75, 3.05) is 36.0 Å². The molecule has 152 valence electrons. The summed E-state index contributed by atoms with van der Waals surface area (Å²) in [4.78, 5) is 29.1. The van der Waals surface area contributed by atoms with Crippen LogP contribution in [0.25, 0.3) is 0 Å². The minimum absolute atomic E-state index is 0.00272. The molecule has 28 heavy (non-hydrogen) atoms. The van der Waals surface area contributed by atoms with Crippen LogP contribution in [0.5, 0.6) is 0 Å². The average Bonchev–Trinajstić information content (AvgIpc) is 3.21. The Kier molecular flexibility index (Phi) is 5.63. The number of carbonyl (C=O) groups is 2. The largest absolute Gasteiger partial charge is 0.368 e. The quantitative estimate of drug-likeness (QED) is 0.768. The summed E-state index contributed by atoms with van der Waals surface area (Å²) in [6, 6.07) is 6.05. The van der Waals surface area contributed by atoms with Gasteiger partial charge in [-0.05, 0) is 49.8 Å². The maximum Gasteiger partial charge on any atom is 0.256 e. The smallest absolute Gasteiger partial charge is 0.256 e. The van der Waals surface area contributed by atoms with Crippen molar-refractivity contribution in [3.05, 3.63) is 23.8 Å². The number of alkyl halides is 1. The van der Waals surface area contributed by atoms with Crippen LogP contribution in [0.3, 0.4) is 0 Å². The van der Waals surface area contributed by atoms with E-state index < -0.39 is 0 Å². The fourth-order valence-corrected chi connectivity index (χ4v) is 5.00. The minimum atomic E-state index is -0.379. The maximum atomic E-state index is 13.2. The van der Waals surface area contributed by atoms with Crippen molar-refractivity contribution in [3.63, 3.8) is 0 Å². The molecule has 3 heterocycles. The summed E-state index contributed by atoms with van der Waals surface area (Å²) in [7, 11) is 0. The Morgan fingerprint density at radius 2 is 2.07 bits per heavy atom. The third kappa shape index (κ3) is 3.65. The van der Waals surface area contributed by atoms with E-state index in [0.717, 1.165) is 49.3 Å². The highest BCUT2D eigenvalue weighted by atomic mass is 35.5. The van der Waals surface area contributed by atoms with E-state index in [4.69, 9.17) is 16.3 Å². The predicted octanol–water partition coefficient (Wildman–Crippen LogP) is 2.64. The number of rotatable bonds is 2. The van der Waals surface area contributed by atoms with Crippen molar-refractivity contribution in [1.82, 2.24) is 5.32 Å². The lowest BCUT2D eigenvalue weighted by molar-refractivity contribution is -0.127. The van der Waals surface area contributed by atoms with Gasteiger partial charge in [-0.2, -0.15) is 0 Å². The van der Waals surface area contributed by atoms with Gasteiger partial charge in [0.05, 0.1) is 17.4 Å². The number of nitrogens with one attached hydrogen (secondary N) is 1. The average molecular weight is 406 g/mol. The number of hydrogen-bond acceptors (Lipinski definition) is 4. The Labute approximate surface area is 171 Å². The number of carbonyl (C=O) groups excluding carboxylic acids is 2. The van der Waals surface area contributed by atoms with E-state index in [2.05, 4.69) is 17.4 Å². The summed E-state index contributed by atoms with van der Waals surface area (Å²) in [5.74, 6) is 0.292. The van der Waals surface area contributed by atoms with E-state index in [1.165, 1.54) is 0 Å². The highest BCUT2D eigenvalue weighted by Crippen LogP contribution is 2.40. The second-order valence-electron chi connectivity index (χ2n) is 8.12. The summed E-state index contributed by atoms with van der Waals surface area (Å²) >= 11 is 6.36. The number of fused-ring (bicyclic) bond motifs is 1. The zero-order valence-corrected chi connectivity index (χ0v) is 17.2. The molecule has 0 aromatic heterocycles. The van der Waals surface area contributed by atoms with Gasteiger partial charge < -0.3 is 19.9 Å². The monoisotopic (exact) mass is 405 g/mol. The van der Waals surface area contributed by atoms with Gasteiger partial charge in [-0.1, -0.05) is 6.07 Å². The molecule has 0 spiro atoms. The first-order valence-electron chi connectivity index (χ1n) is 10.2. The maximum absolute atomic E-state index is 13.2. The molecule has 3 aliphatic heterocycles. The van der Waals surface area contributed by atoms with Crippen molar-refractivity contribution in [2.24, 2.45) is 0 Å². The summed E-state index contributed by atoms with van der Waals surface area (Å²) < 4.78 is 5.65. The standard InChI is InChI=1S/C21H28ClN3O3/c1-13-12-24(21(27)20-4-3-7-28-20)19-9-15(16-8-17(22)11-23-10-16)5-6-18(19)25(13)14(2)26/h5-6,9,13,16-17,20,23H,3-4,7-8,10-12H2,1-2H3/t13-,16?,17?,20?/m0/s1. The lowest BCUT2D eigenvalue weighted by Gasteiger charge is -2.42. The molecule has 6 nitrogen and oxygen atoms in total. The van der Waals surface area contributed by atoms with E-state index in [0.29, 0.717) is 19.1 Å². The van der Waals surface area contributed by atoms with E-state index in [9.17, 15) is 9.59 Å². The number of nitrogens with zero attached hydrogens (tertiary/aromatic N) is 2. The number of ether oxygens (including phenoxy) is 1. The third-order valence-electron chi connectivity index (χ3n) is 6.02. The first-order chi connectivity index (χ1) is 13.5. The van der Waals surface area contributed by atoms with Gasteiger partial charge in [-0.15, -0.1) is 11.6 Å². The summed E-state index contributed by atoms with van der Waals surface area (Å²) in [5.41, 5.74) is 2.76. The van der Waals surface area contributed by atoms with Crippen LogP contribution in [0, 0.1) is 0 Å². The third-order valence-corrected chi connectivity index (χ3v) is 6.35. The van der Waals surface area contributed by atoms with Crippen LogP contribution in [0.15, 0.2) is 18.2 Å². The zero-order chi connectivity index (χ0) is 19.8. The molecule has 0 bridgehead atoms. The molecule has 1 N–H and O–H groups in total. The first-order valence-corrected chi connectivity index (χ1v) is 10.6. The molecular weight excluding hydrogens is 378 g/mol. The van der Waals surface area contributed by atoms with Gasteiger partial charge in [0.25, 0.3) is 5.91 Å². The molecule has 1 aromatic rings. The molecule has 0 aliphatic carbocycles. The lowest BCUT2D eigenvalue weighted by atomic mass is 9.90. The summed E-state index contributed by atoms with van der Waals surface area (Å²) in [6.45, 7) is 6.37. The van der Waals surface area contributed by atoms with Gasteiger partial charge in [-0.25, -0.2) is 0 Å². The molecule has 7 heteroatoms. The van der Waals surface area contributed by atoms with E-state index >= 15 is 0 Å². The van der Waals surface area contributed by atoms with Crippen molar-refractivity contribution >= 4 is 34.8 Å². The molecule has 2 fully saturated rings. The van der Waals surface area contributed by atoms with Gasteiger partial charge >= 0.3 is 0 Å². The van der Waals surface area contributed by atoms with Gasteiger partial charge in [0, 0.05) is 38.5 Å². The Morgan fingerprint density at radius 3 is 2.75 bits per heavy atom. The van der Waals surface area contributed by atoms with Crippen molar-refractivity contribution in [3.8, 4) is 0 Å². The van der Waals surface area contributed by atoms with E-state index in [-0.39, 0.29) is 29.3 Å². The summed E-state index contributed by atoms with van der Waals surface area (Å²) in [6.07, 6.45) is 2.20. The van der Waals surface area contributed by atoms with Crippen LogP contribution in [-0.2, 0) is 14.3 Å². The number of amides is 2. The second-order valence-corrected chi connectivity index (χ2v) is 8.74. The second kappa shape index (κ2) is 8.01. The SMILES string of the molecule is CC(=O)N1c2ccc(C3CNCC(Cl)C3)cc2N(C(=O)C2CCCO2)C[C@@H]1C. The first kappa shape index (κ1) is 19.7. The normalized spacial score (nSPS) is 30.2. The molecular formula is C21H28ClN3O3. The Morgan fingerprint density at radius 1 is 1.25 bits per heavy atom. The fraction of sp³-hybridized carbons (Fsp3) is 0.619. The Hall–Kier alpha value is -1.63. The highest BCUT2D eigenvalue weighted by Gasteiger charge is 2.38. The van der Waals surface area contributed by atoms with E-state index in [1.54, 1.807) is 11.8 Å². The van der Waals surface area contributed by atoms with Gasteiger partial charge in [0.15, 0.2) is 0 Å². The number of halogens is 1. The zero-order valence-electron chi connectivity index (χ0n) is 16.5. The van der Waals surface area contributed by atoms with Crippen LogP contribution in [0.2, 0.25) is 0 Å². The van der Waals surface area contributed by atoms with Crippen LogP contribution in [0.4, 0.5) is 11.4 Å². The molecule has 0 saturated carbocycles. The molecule has 3 aliphatic rings. The fourth-order valence-electron chi connectivity index (χ4n) is 4.67. The predicted molar refractivity (Wildman–Crippen MR) is 110 cm³/mol. The highest BCUT2D eigenvalue weighted by molar-refractivity contribution is 6.20. The lowest BCUT2D eigenvalue weighted by Crippen LogP contribution is -2.53. The number of anilines is 2.